The monoisotopic (exact) mass is 183 g/mol. The van der Waals surface area contributed by atoms with Gasteiger partial charge in [0.15, 0.2) is 0 Å². The van der Waals surface area contributed by atoms with E-state index in [0.29, 0.717) is 0 Å². The zero-order valence-corrected chi connectivity index (χ0v) is 8.42. The van der Waals surface area contributed by atoms with Gasteiger partial charge in [0.2, 0.25) is 0 Å². The highest BCUT2D eigenvalue weighted by molar-refractivity contribution is 5.73. The van der Waals surface area contributed by atoms with Gasteiger partial charge < -0.3 is 4.74 Å². The Morgan fingerprint density at radius 2 is 2.15 bits per heavy atom. The van der Waals surface area contributed by atoms with Crippen LogP contribution >= 0.6 is 0 Å². The van der Waals surface area contributed by atoms with Crippen molar-refractivity contribution in [2.75, 3.05) is 0 Å². The van der Waals surface area contributed by atoms with Crippen LogP contribution in [0.25, 0.3) is 0 Å². The van der Waals surface area contributed by atoms with Gasteiger partial charge in [-0.2, -0.15) is 0 Å². The molecule has 0 unspecified atom stereocenters. The second kappa shape index (κ2) is 6.01. The number of carbonyl (C=O) groups excluding carboxylic acids is 1. The molecule has 0 amide bonds. The molecule has 2 nitrogen and oxygen atoms in total. The summed E-state index contributed by atoms with van der Waals surface area (Å²) < 4.78 is 5.06. The molecule has 0 saturated heterocycles. The van der Waals surface area contributed by atoms with Crippen molar-refractivity contribution in [1.82, 2.24) is 0 Å². The van der Waals surface area contributed by atoms with Gasteiger partial charge in [0.05, 0.1) is 5.92 Å². The molecule has 0 bridgehead atoms. The fourth-order valence-corrected chi connectivity index (χ4v) is 1.69. The van der Waals surface area contributed by atoms with Crippen molar-refractivity contribution in [1.29, 1.82) is 0 Å². The van der Waals surface area contributed by atoms with E-state index in [0.717, 1.165) is 32.1 Å². The molecule has 0 heterocycles. The van der Waals surface area contributed by atoms with Gasteiger partial charge in [0.25, 0.3) is 0 Å². The Labute approximate surface area is 80.7 Å². The molecule has 1 aliphatic carbocycles. The molecule has 1 fully saturated rings. The Bertz CT molecular complexity index is 148. The molecule has 0 atom stereocenters. The third kappa shape index (κ3) is 3.79. The van der Waals surface area contributed by atoms with Gasteiger partial charge in [0, 0.05) is 0 Å². The van der Waals surface area contributed by atoms with Crippen LogP contribution in [-0.2, 0) is 9.53 Å². The molecular formula is C11H19O2. The number of rotatable bonds is 5. The zero-order valence-electron chi connectivity index (χ0n) is 8.42. The van der Waals surface area contributed by atoms with E-state index < -0.39 is 0 Å². The molecule has 2 heteroatoms. The molecule has 0 aromatic heterocycles. The standard InChI is InChI=1S/C11H19O2/c1-2-3-6-9-13-11(12)10-7-4-5-8-10/h9-10H,2-8H2,1H3. The van der Waals surface area contributed by atoms with Crippen molar-refractivity contribution in [3.05, 3.63) is 6.61 Å². The topological polar surface area (TPSA) is 26.3 Å². The van der Waals surface area contributed by atoms with E-state index in [4.69, 9.17) is 4.74 Å². The van der Waals surface area contributed by atoms with E-state index in [1.807, 2.05) is 0 Å². The van der Waals surface area contributed by atoms with E-state index >= 15 is 0 Å². The summed E-state index contributed by atoms with van der Waals surface area (Å²) in [5.74, 6) is 0.187. The van der Waals surface area contributed by atoms with Crippen LogP contribution in [-0.4, -0.2) is 5.97 Å². The molecular weight excluding hydrogens is 164 g/mol. The summed E-state index contributed by atoms with van der Waals surface area (Å²) in [4.78, 5) is 11.4. The minimum atomic E-state index is -0.00592. The summed E-state index contributed by atoms with van der Waals surface area (Å²) in [5, 5.41) is 0. The lowest BCUT2D eigenvalue weighted by Gasteiger charge is -2.07. The van der Waals surface area contributed by atoms with Gasteiger partial charge in [-0.15, -0.1) is 0 Å². The Kier molecular flexibility index (Phi) is 4.87. The molecule has 0 N–H and O–H groups in total. The van der Waals surface area contributed by atoms with Crippen molar-refractivity contribution in [2.24, 2.45) is 5.92 Å². The van der Waals surface area contributed by atoms with Crippen LogP contribution in [0.4, 0.5) is 0 Å². The van der Waals surface area contributed by atoms with E-state index in [2.05, 4.69) is 6.92 Å². The maximum atomic E-state index is 11.4. The zero-order chi connectivity index (χ0) is 9.52. The van der Waals surface area contributed by atoms with Crippen LogP contribution < -0.4 is 0 Å². The summed E-state index contributed by atoms with van der Waals surface area (Å²) in [6, 6.07) is 0. The van der Waals surface area contributed by atoms with Gasteiger partial charge in [-0.05, 0) is 25.7 Å². The molecule has 0 aliphatic heterocycles. The number of hydrogen-bond acceptors (Lipinski definition) is 2. The largest absolute Gasteiger partial charge is 0.458 e. The average molecular weight is 183 g/mol. The van der Waals surface area contributed by atoms with Crippen molar-refractivity contribution in [2.45, 2.75) is 51.9 Å². The molecule has 1 radical (unpaired) electrons. The first kappa shape index (κ1) is 10.6. The Morgan fingerprint density at radius 1 is 1.46 bits per heavy atom. The highest BCUT2D eigenvalue weighted by atomic mass is 16.5. The third-order valence-corrected chi connectivity index (χ3v) is 2.56. The average Bonchev–Trinajstić information content (AvgIpc) is 2.65. The fourth-order valence-electron chi connectivity index (χ4n) is 1.69. The summed E-state index contributed by atoms with van der Waals surface area (Å²) in [7, 11) is 0. The van der Waals surface area contributed by atoms with E-state index in [1.165, 1.54) is 12.8 Å². The molecule has 1 aliphatic rings. The lowest BCUT2D eigenvalue weighted by atomic mass is 10.1. The van der Waals surface area contributed by atoms with Gasteiger partial charge in [0.1, 0.15) is 6.61 Å². The molecule has 0 aromatic rings. The highest BCUT2D eigenvalue weighted by Crippen LogP contribution is 2.26. The number of esters is 1. The summed E-state index contributed by atoms with van der Waals surface area (Å²) in [6.45, 7) is 3.80. The first-order chi connectivity index (χ1) is 6.34. The lowest BCUT2D eigenvalue weighted by molar-refractivity contribution is -0.144. The fraction of sp³-hybridized carbons (Fsp3) is 0.818. The quantitative estimate of drug-likeness (QED) is 0.483. The first-order valence-corrected chi connectivity index (χ1v) is 5.36. The van der Waals surface area contributed by atoms with Crippen molar-refractivity contribution < 1.29 is 9.53 Å². The first-order valence-electron chi connectivity index (χ1n) is 5.36. The van der Waals surface area contributed by atoms with Crippen LogP contribution in [0.5, 0.6) is 0 Å². The predicted octanol–water partition coefficient (Wildman–Crippen LogP) is 3.07. The summed E-state index contributed by atoms with van der Waals surface area (Å²) in [6.07, 6.45) is 7.59. The maximum Gasteiger partial charge on any atom is 0.309 e. The third-order valence-electron chi connectivity index (χ3n) is 2.56. The van der Waals surface area contributed by atoms with Crippen LogP contribution in [0.15, 0.2) is 0 Å². The predicted molar refractivity (Wildman–Crippen MR) is 51.9 cm³/mol. The molecule has 13 heavy (non-hydrogen) atoms. The SMILES string of the molecule is CCCC[CH]OC(=O)C1CCCC1. The van der Waals surface area contributed by atoms with Crippen LogP contribution in [0, 0.1) is 12.5 Å². The molecule has 1 rings (SSSR count). The van der Waals surface area contributed by atoms with Crippen molar-refractivity contribution >= 4 is 5.97 Å². The minimum absolute atomic E-state index is 0.00592. The number of carbonyl (C=O) groups is 1. The maximum absolute atomic E-state index is 11.4. The Morgan fingerprint density at radius 3 is 2.77 bits per heavy atom. The molecule has 0 spiro atoms. The smallest absolute Gasteiger partial charge is 0.309 e. The second-order valence-electron chi connectivity index (χ2n) is 3.73. The summed E-state index contributed by atoms with van der Waals surface area (Å²) >= 11 is 0. The Hall–Kier alpha value is -0.530. The van der Waals surface area contributed by atoms with Crippen LogP contribution in [0.2, 0.25) is 0 Å². The van der Waals surface area contributed by atoms with E-state index in [1.54, 1.807) is 6.61 Å². The van der Waals surface area contributed by atoms with Crippen LogP contribution in [0.1, 0.15) is 51.9 Å². The minimum Gasteiger partial charge on any atom is -0.458 e. The molecule has 0 aromatic carbocycles. The summed E-state index contributed by atoms with van der Waals surface area (Å²) in [5.41, 5.74) is 0. The second-order valence-corrected chi connectivity index (χ2v) is 3.73. The number of hydrogen-bond donors (Lipinski definition) is 0. The highest BCUT2D eigenvalue weighted by Gasteiger charge is 2.23. The normalized spacial score (nSPS) is 17.6. The van der Waals surface area contributed by atoms with E-state index in [-0.39, 0.29) is 11.9 Å². The number of unbranched alkanes of at least 4 members (excludes halogenated alkanes) is 2. The lowest BCUT2D eigenvalue weighted by Crippen LogP contribution is -2.13. The van der Waals surface area contributed by atoms with Crippen LogP contribution in [0.3, 0.4) is 0 Å². The van der Waals surface area contributed by atoms with Crippen molar-refractivity contribution in [3.63, 3.8) is 0 Å². The Balaban J connectivity index is 2.03. The van der Waals surface area contributed by atoms with Gasteiger partial charge in [-0.3, -0.25) is 4.79 Å². The van der Waals surface area contributed by atoms with Gasteiger partial charge >= 0.3 is 5.97 Å². The van der Waals surface area contributed by atoms with Gasteiger partial charge in [-0.25, -0.2) is 0 Å². The van der Waals surface area contributed by atoms with Crippen molar-refractivity contribution in [3.8, 4) is 0 Å². The molecule has 75 valence electrons. The van der Waals surface area contributed by atoms with E-state index in [9.17, 15) is 4.79 Å². The number of ether oxygens (including phenoxy) is 1. The molecule has 1 saturated carbocycles. The van der Waals surface area contributed by atoms with Gasteiger partial charge in [-0.1, -0.05) is 26.2 Å².